The van der Waals surface area contributed by atoms with Gasteiger partial charge in [0.1, 0.15) is 0 Å². The van der Waals surface area contributed by atoms with Crippen molar-refractivity contribution in [3.8, 4) is 0 Å². The maximum atomic E-state index is 13.9. The zero-order chi connectivity index (χ0) is 24.6. The normalized spacial score (nSPS) is 18.7. The number of aromatic nitrogens is 1. The molecule has 0 bridgehead atoms. The lowest BCUT2D eigenvalue weighted by atomic mass is 9.70. The molecule has 0 spiro atoms. The molecule has 6 heteroatoms. The number of likely N-dealkylation sites (tertiary alicyclic amines) is 1. The molecule has 1 atom stereocenters. The molecule has 4 aromatic rings. The fourth-order valence-corrected chi connectivity index (χ4v) is 6.30. The number of fused-ring (bicyclic) bond motifs is 1. The van der Waals surface area contributed by atoms with Crippen LogP contribution in [0.1, 0.15) is 40.9 Å². The molecule has 35 heavy (non-hydrogen) atoms. The first kappa shape index (κ1) is 24.6. The molecule has 0 N–H and O–H groups in total. The minimum absolute atomic E-state index is 0.123. The van der Waals surface area contributed by atoms with Gasteiger partial charge < -0.3 is 4.57 Å². The van der Waals surface area contributed by atoms with Crippen molar-refractivity contribution >= 4 is 55.8 Å². The Morgan fingerprint density at radius 1 is 1.03 bits per heavy atom. The lowest BCUT2D eigenvalue weighted by Crippen LogP contribution is -2.47. The van der Waals surface area contributed by atoms with Crippen molar-refractivity contribution in [1.82, 2.24) is 9.47 Å². The van der Waals surface area contributed by atoms with E-state index in [1.54, 1.807) is 6.07 Å². The highest BCUT2D eigenvalue weighted by Gasteiger charge is 2.39. The van der Waals surface area contributed by atoms with Gasteiger partial charge in [0, 0.05) is 47.3 Å². The van der Waals surface area contributed by atoms with E-state index in [1.165, 1.54) is 11.1 Å². The fraction of sp³-hybridized carbons (Fsp3) is 0.276. The van der Waals surface area contributed by atoms with Crippen LogP contribution in [0.15, 0.2) is 77.3 Å². The lowest BCUT2D eigenvalue weighted by Gasteiger charge is -2.43. The number of rotatable bonds is 6. The summed E-state index contributed by atoms with van der Waals surface area (Å²) in [5.41, 5.74) is 3.81. The topological polar surface area (TPSA) is 25.2 Å². The molecule has 1 fully saturated rings. The van der Waals surface area contributed by atoms with E-state index in [2.05, 4.69) is 63.3 Å². The Balaban J connectivity index is 1.51. The average molecular weight is 570 g/mol. The largest absolute Gasteiger partial charge is 0.341 e. The molecule has 5 rings (SSSR count). The number of nitrogens with zero attached hydrogens (tertiary/aromatic N) is 2. The number of ketones is 1. The van der Waals surface area contributed by atoms with Crippen LogP contribution in [0.3, 0.4) is 0 Å². The second-order valence-electron chi connectivity index (χ2n) is 9.57. The van der Waals surface area contributed by atoms with Crippen molar-refractivity contribution in [2.45, 2.75) is 31.2 Å². The quantitative estimate of drug-likeness (QED) is 0.219. The summed E-state index contributed by atoms with van der Waals surface area (Å²) >= 11 is 16.4. The Hall–Kier alpha value is -2.11. The molecule has 3 aromatic carbocycles. The summed E-state index contributed by atoms with van der Waals surface area (Å²) in [6, 6.07) is 24.6. The molecule has 0 radical (unpaired) electrons. The van der Waals surface area contributed by atoms with Crippen LogP contribution < -0.4 is 0 Å². The zero-order valence-electron chi connectivity index (χ0n) is 19.6. The molecule has 2 heterocycles. The Kier molecular flexibility index (Phi) is 7.09. The van der Waals surface area contributed by atoms with E-state index < -0.39 is 0 Å². The molecule has 1 saturated heterocycles. The van der Waals surface area contributed by atoms with Gasteiger partial charge in [0.15, 0.2) is 5.78 Å². The number of aryl methyl sites for hydroxylation is 1. The monoisotopic (exact) mass is 568 g/mol. The average Bonchev–Trinajstić information content (AvgIpc) is 3.19. The minimum atomic E-state index is -0.272. The van der Waals surface area contributed by atoms with E-state index in [9.17, 15) is 4.79 Å². The molecule has 3 nitrogen and oxygen atoms in total. The van der Waals surface area contributed by atoms with Gasteiger partial charge in [-0.25, -0.2) is 0 Å². The number of hydrogen-bond acceptors (Lipinski definition) is 2. The van der Waals surface area contributed by atoms with Gasteiger partial charge >= 0.3 is 0 Å². The fourth-order valence-electron chi connectivity index (χ4n) is 5.52. The Morgan fingerprint density at radius 2 is 1.83 bits per heavy atom. The molecule has 0 saturated carbocycles. The first-order valence-electron chi connectivity index (χ1n) is 11.9. The second kappa shape index (κ2) is 10.1. The Bertz CT molecular complexity index is 1380. The van der Waals surface area contributed by atoms with Crippen molar-refractivity contribution in [3.05, 3.63) is 104 Å². The highest BCUT2D eigenvalue weighted by molar-refractivity contribution is 9.10. The van der Waals surface area contributed by atoms with E-state index in [0.717, 1.165) is 47.9 Å². The number of Topliss-reactive ketones (excluding diaryl/α,β-unsaturated/α-hetero) is 1. The summed E-state index contributed by atoms with van der Waals surface area (Å²) in [6.07, 6.45) is 2.45. The van der Waals surface area contributed by atoms with E-state index in [-0.39, 0.29) is 11.2 Å². The number of halogens is 3. The molecule has 1 aliphatic rings. The molecule has 180 valence electrons. The highest BCUT2D eigenvalue weighted by atomic mass is 79.9. The molecule has 0 aliphatic carbocycles. The van der Waals surface area contributed by atoms with Gasteiger partial charge in [-0.1, -0.05) is 81.6 Å². The van der Waals surface area contributed by atoms with Gasteiger partial charge in [0.25, 0.3) is 0 Å². The maximum absolute atomic E-state index is 13.9. The summed E-state index contributed by atoms with van der Waals surface area (Å²) < 4.78 is 2.98. The van der Waals surface area contributed by atoms with Crippen LogP contribution in [0.5, 0.6) is 0 Å². The van der Waals surface area contributed by atoms with E-state index in [1.807, 2.05) is 35.9 Å². The summed E-state index contributed by atoms with van der Waals surface area (Å²) in [5.74, 6) is 0.123. The number of benzene rings is 3. The van der Waals surface area contributed by atoms with Gasteiger partial charge in [0.2, 0.25) is 0 Å². The van der Waals surface area contributed by atoms with Crippen molar-refractivity contribution in [1.29, 1.82) is 0 Å². The van der Waals surface area contributed by atoms with Crippen LogP contribution in [-0.2, 0) is 19.0 Å². The Morgan fingerprint density at radius 3 is 2.60 bits per heavy atom. The third kappa shape index (κ3) is 4.95. The van der Waals surface area contributed by atoms with Crippen molar-refractivity contribution in [2.75, 3.05) is 13.1 Å². The van der Waals surface area contributed by atoms with Crippen molar-refractivity contribution < 1.29 is 4.79 Å². The molecule has 0 amide bonds. The van der Waals surface area contributed by atoms with Gasteiger partial charge in [-0.05, 0) is 60.8 Å². The minimum Gasteiger partial charge on any atom is -0.341 e. The highest BCUT2D eigenvalue weighted by Crippen LogP contribution is 2.40. The van der Waals surface area contributed by atoms with E-state index in [0.29, 0.717) is 22.2 Å². The first-order valence-corrected chi connectivity index (χ1v) is 13.4. The predicted octanol–water partition coefficient (Wildman–Crippen LogP) is 8.05. The number of carbonyl (C=O) groups excluding carboxylic acids is 1. The Labute approximate surface area is 224 Å². The van der Waals surface area contributed by atoms with Crippen LogP contribution in [0.2, 0.25) is 10.0 Å². The predicted molar refractivity (Wildman–Crippen MR) is 149 cm³/mol. The number of piperidine rings is 1. The SMILES string of the molecule is Cn1c(C(=O)CC2(c3cccc(Br)c3)CCCN(Cc3ccccc3)C2)cc2c(Cl)c(Cl)ccc21. The first-order chi connectivity index (χ1) is 16.9. The van der Waals surface area contributed by atoms with Gasteiger partial charge in [0.05, 0.1) is 15.7 Å². The zero-order valence-corrected chi connectivity index (χ0v) is 22.7. The van der Waals surface area contributed by atoms with Gasteiger partial charge in [-0.2, -0.15) is 0 Å². The third-order valence-electron chi connectivity index (χ3n) is 7.24. The van der Waals surface area contributed by atoms with Crippen molar-refractivity contribution in [2.24, 2.45) is 7.05 Å². The van der Waals surface area contributed by atoms with Crippen LogP contribution in [0, 0.1) is 0 Å². The summed E-state index contributed by atoms with van der Waals surface area (Å²) in [5, 5.41) is 1.81. The van der Waals surface area contributed by atoms with Crippen LogP contribution in [0.25, 0.3) is 10.9 Å². The van der Waals surface area contributed by atoms with E-state index >= 15 is 0 Å². The van der Waals surface area contributed by atoms with Gasteiger partial charge in [-0.15, -0.1) is 0 Å². The van der Waals surface area contributed by atoms with Crippen LogP contribution in [0.4, 0.5) is 0 Å². The van der Waals surface area contributed by atoms with Crippen molar-refractivity contribution in [3.63, 3.8) is 0 Å². The number of hydrogen-bond donors (Lipinski definition) is 0. The molecule has 1 aliphatic heterocycles. The molecular weight excluding hydrogens is 543 g/mol. The van der Waals surface area contributed by atoms with Crippen LogP contribution in [-0.4, -0.2) is 28.3 Å². The second-order valence-corrected chi connectivity index (χ2v) is 11.3. The standard InChI is InChI=1S/C29H27BrCl2N2O/c1-33-25-12-11-24(31)28(32)23(25)16-26(33)27(35)17-29(21-9-5-10-22(30)15-21)13-6-14-34(19-29)18-20-7-3-2-4-8-20/h2-5,7-12,15-16H,6,13-14,17-19H2,1H3. The summed E-state index contributed by atoms with van der Waals surface area (Å²) in [4.78, 5) is 16.4. The smallest absolute Gasteiger partial charge is 0.180 e. The number of carbonyl (C=O) groups is 1. The van der Waals surface area contributed by atoms with E-state index in [4.69, 9.17) is 23.2 Å². The lowest BCUT2D eigenvalue weighted by molar-refractivity contribution is 0.0851. The molecule has 1 unspecified atom stereocenters. The third-order valence-corrected chi connectivity index (χ3v) is 8.55. The molecular formula is C29H27BrCl2N2O. The van der Waals surface area contributed by atoms with Gasteiger partial charge in [-0.3, -0.25) is 9.69 Å². The maximum Gasteiger partial charge on any atom is 0.180 e. The summed E-state index contributed by atoms with van der Waals surface area (Å²) in [6.45, 7) is 2.74. The van der Waals surface area contributed by atoms with Crippen LogP contribution >= 0.6 is 39.1 Å². The summed E-state index contributed by atoms with van der Waals surface area (Å²) in [7, 11) is 1.92. The molecule has 1 aromatic heterocycles.